The van der Waals surface area contributed by atoms with Crippen molar-refractivity contribution in [1.29, 1.82) is 0 Å². The smallest absolute Gasteiger partial charge is 0.271 e. The molecule has 2 aromatic carbocycles. The summed E-state index contributed by atoms with van der Waals surface area (Å²) >= 11 is 1.50. The Morgan fingerprint density at radius 3 is 2.71 bits per heavy atom. The molecule has 6 nitrogen and oxygen atoms in total. The molecule has 3 heterocycles. The lowest BCUT2D eigenvalue weighted by Crippen LogP contribution is -2.33. The minimum atomic E-state index is -0.261. The molecule has 0 radical (unpaired) electrons. The van der Waals surface area contributed by atoms with E-state index in [0.29, 0.717) is 22.8 Å². The van der Waals surface area contributed by atoms with Crippen molar-refractivity contribution >= 4 is 17.4 Å². The number of aromatic nitrogens is 2. The fourth-order valence-corrected chi connectivity index (χ4v) is 5.94. The molecule has 8 heteroatoms. The molecule has 1 saturated heterocycles. The molecule has 3 aromatic rings. The van der Waals surface area contributed by atoms with Gasteiger partial charge in [0.15, 0.2) is 0 Å². The number of thioether (sulfide) groups is 1. The van der Waals surface area contributed by atoms with E-state index in [9.17, 15) is 9.18 Å². The van der Waals surface area contributed by atoms with Crippen LogP contribution < -0.4 is 15.6 Å². The van der Waals surface area contributed by atoms with Crippen molar-refractivity contribution in [3.8, 4) is 11.4 Å². The lowest BCUT2D eigenvalue weighted by Gasteiger charge is -2.26. The summed E-state index contributed by atoms with van der Waals surface area (Å²) in [7, 11) is 1.64. The maximum atomic E-state index is 13.3. The number of fused-ring (bicyclic) bond motifs is 1. The number of halogens is 1. The SMILES string of the molecule is COc1cc(-n2cnc3c(c2=O)SC(c2ccc(F)cc2)C3)ccc1NCCN1CCCCC1. The van der Waals surface area contributed by atoms with Crippen molar-refractivity contribution in [3.05, 3.63) is 76.2 Å². The van der Waals surface area contributed by atoms with E-state index in [-0.39, 0.29) is 16.6 Å². The number of rotatable bonds is 7. The number of benzene rings is 2. The molecular weight excluding hydrogens is 451 g/mol. The van der Waals surface area contributed by atoms with Gasteiger partial charge in [0.25, 0.3) is 5.56 Å². The van der Waals surface area contributed by atoms with Gasteiger partial charge in [-0.3, -0.25) is 9.36 Å². The van der Waals surface area contributed by atoms with Gasteiger partial charge in [-0.05, 0) is 55.8 Å². The average Bonchev–Trinajstić information content (AvgIpc) is 3.31. The molecule has 1 fully saturated rings. The standard InChI is InChI=1S/C26H29FN4O2S/c1-33-23-15-20(9-10-21(23)28-11-14-30-12-3-2-4-13-30)31-17-29-22-16-24(34-25(22)26(31)32)18-5-7-19(27)8-6-18/h5-10,15,17,24,28H,2-4,11-14,16H2,1H3. The van der Waals surface area contributed by atoms with Crippen LogP contribution in [0.3, 0.4) is 0 Å². The molecule has 0 aliphatic carbocycles. The van der Waals surface area contributed by atoms with Crippen molar-refractivity contribution in [2.75, 3.05) is 38.6 Å². The van der Waals surface area contributed by atoms with Crippen molar-refractivity contribution < 1.29 is 9.13 Å². The number of likely N-dealkylation sites (tertiary alicyclic amines) is 1. The molecule has 34 heavy (non-hydrogen) atoms. The Balaban J connectivity index is 1.32. The highest BCUT2D eigenvalue weighted by atomic mass is 32.2. The quantitative estimate of drug-likeness (QED) is 0.531. The number of nitrogens with zero attached hydrogens (tertiary/aromatic N) is 3. The Labute approximate surface area is 203 Å². The Kier molecular flexibility index (Phi) is 6.87. The zero-order chi connectivity index (χ0) is 23.5. The van der Waals surface area contributed by atoms with Crippen LogP contribution in [0.1, 0.15) is 35.8 Å². The lowest BCUT2D eigenvalue weighted by molar-refractivity contribution is 0.237. The van der Waals surface area contributed by atoms with Crippen LogP contribution in [0.25, 0.3) is 5.69 Å². The average molecular weight is 481 g/mol. The van der Waals surface area contributed by atoms with Crippen molar-refractivity contribution in [2.24, 2.45) is 0 Å². The minimum absolute atomic E-state index is 0.0627. The van der Waals surface area contributed by atoms with Crippen LogP contribution in [0.15, 0.2) is 58.5 Å². The van der Waals surface area contributed by atoms with Crippen LogP contribution in [0.5, 0.6) is 5.75 Å². The highest BCUT2D eigenvalue weighted by molar-refractivity contribution is 7.99. The molecule has 1 atom stereocenters. The highest BCUT2D eigenvalue weighted by Crippen LogP contribution is 2.44. The number of anilines is 1. The van der Waals surface area contributed by atoms with E-state index in [4.69, 9.17) is 4.74 Å². The Morgan fingerprint density at radius 2 is 1.94 bits per heavy atom. The monoisotopic (exact) mass is 480 g/mol. The highest BCUT2D eigenvalue weighted by Gasteiger charge is 2.28. The van der Waals surface area contributed by atoms with Crippen molar-refractivity contribution in [3.63, 3.8) is 0 Å². The summed E-state index contributed by atoms with van der Waals surface area (Å²) in [5.41, 5.74) is 3.33. The fraction of sp³-hybridized carbons (Fsp3) is 0.385. The first-order valence-electron chi connectivity index (χ1n) is 11.8. The predicted molar refractivity (Wildman–Crippen MR) is 134 cm³/mol. The van der Waals surface area contributed by atoms with Gasteiger partial charge in [-0.2, -0.15) is 0 Å². The molecule has 2 aliphatic heterocycles. The largest absolute Gasteiger partial charge is 0.495 e. The van der Waals surface area contributed by atoms with Gasteiger partial charge in [0.1, 0.15) is 17.9 Å². The van der Waals surface area contributed by atoms with E-state index in [2.05, 4.69) is 15.2 Å². The first-order valence-corrected chi connectivity index (χ1v) is 12.7. The normalized spacial score (nSPS) is 18.0. The third-order valence-electron chi connectivity index (χ3n) is 6.54. The van der Waals surface area contributed by atoms with Gasteiger partial charge in [-0.15, -0.1) is 11.8 Å². The maximum Gasteiger partial charge on any atom is 0.271 e. The molecule has 0 amide bonds. The third-order valence-corrected chi connectivity index (χ3v) is 7.91. The van der Waals surface area contributed by atoms with Gasteiger partial charge in [0.05, 0.1) is 29.1 Å². The van der Waals surface area contributed by atoms with Crippen molar-refractivity contribution in [1.82, 2.24) is 14.5 Å². The van der Waals surface area contributed by atoms with Gasteiger partial charge in [-0.1, -0.05) is 18.6 Å². The minimum Gasteiger partial charge on any atom is -0.495 e. The topological polar surface area (TPSA) is 59.4 Å². The predicted octanol–water partition coefficient (Wildman–Crippen LogP) is 4.67. The first-order chi connectivity index (χ1) is 16.6. The molecule has 178 valence electrons. The molecule has 1 N–H and O–H groups in total. The van der Waals surface area contributed by atoms with Crippen LogP contribution in [-0.2, 0) is 6.42 Å². The summed E-state index contributed by atoms with van der Waals surface area (Å²) < 4.78 is 20.5. The van der Waals surface area contributed by atoms with E-state index in [1.165, 1.54) is 56.2 Å². The fourth-order valence-electron chi connectivity index (χ4n) is 4.65. The molecule has 1 unspecified atom stereocenters. The molecule has 5 rings (SSSR count). The summed E-state index contributed by atoms with van der Waals surface area (Å²) in [5, 5.41) is 3.54. The number of hydrogen-bond acceptors (Lipinski definition) is 6. The van der Waals surface area contributed by atoms with Gasteiger partial charge < -0.3 is 15.0 Å². The third kappa shape index (κ3) is 4.83. The molecular formula is C26H29FN4O2S. The van der Waals surface area contributed by atoms with Crippen LogP contribution in [0.4, 0.5) is 10.1 Å². The lowest BCUT2D eigenvalue weighted by atomic mass is 10.1. The van der Waals surface area contributed by atoms with E-state index in [1.807, 2.05) is 18.2 Å². The zero-order valence-corrected chi connectivity index (χ0v) is 20.1. The zero-order valence-electron chi connectivity index (χ0n) is 19.3. The van der Waals surface area contributed by atoms with Gasteiger partial charge in [0, 0.05) is 30.8 Å². The van der Waals surface area contributed by atoms with E-state index >= 15 is 0 Å². The summed E-state index contributed by atoms with van der Waals surface area (Å²) in [6, 6.07) is 12.2. The molecule has 1 aromatic heterocycles. The van der Waals surface area contributed by atoms with Gasteiger partial charge in [-0.25, -0.2) is 9.37 Å². The number of ether oxygens (including phenoxy) is 1. The number of methoxy groups -OCH3 is 1. The number of nitrogens with one attached hydrogen (secondary N) is 1. The van der Waals surface area contributed by atoms with E-state index in [0.717, 1.165) is 30.0 Å². The Bertz CT molecular complexity index is 1210. The molecule has 0 spiro atoms. The first kappa shape index (κ1) is 22.9. The maximum absolute atomic E-state index is 13.3. The van der Waals surface area contributed by atoms with Crippen LogP contribution in [0.2, 0.25) is 0 Å². The number of piperidine rings is 1. The second-order valence-corrected chi connectivity index (χ2v) is 9.98. The second kappa shape index (κ2) is 10.2. The van der Waals surface area contributed by atoms with Gasteiger partial charge in [0.2, 0.25) is 0 Å². The van der Waals surface area contributed by atoms with Crippen LogP contribution in [-0.4, -0.2) is 47.7 Å². The number of hydrogen-bond donors (Lipinski definition) is 1. The van der Waals surface area contributed by atoms with E-state index < -0.39 is 0 Å². The molecule has 0 saturated carbocycles. The van der Waals surface area contributed by atoms with Gasteiger partial charge >= 0.3 is 0 Å². The van der Waals surface area contributed by atoms with E-state index in [1.54, 1.807) is 30.1 Å². The summed E-state index contributed by atoms with van der Waals surface area (Å²) in [6.07, 6.45) is 6.15. The Hall–Kier alpha value is -2.84. The van der Waals surface area contributed by atoms with Crippen LogP contribution in [0, 0.1) is 5.82 Å². The molecule has 0 bridgehead atoms. The Morgan fingerprint density at radius 1 is 1.15 bits per heavy atom. The van der Waals surface area contributed by atoms with Crippen LogP contribution >= 0.6 is 11.8 Å². The summed E-state index contributed by atoms with van der Waals surface area (Å²) in [4.78, 5) is 21.0. The summed E-state index contributed by atoms with van der Waals surface area (Å²) in [5.74, 6) is 0.434. The summed E-state index contributed by atoms with van der Waals surface area (Å²) in [6.45, 7) is 4.20. The van der Waals surface area contributed by atoms with Crippen molar-refractivity contribution in [2.45, 2.75) is 35.8 Å². The molecule has 2 aliphatic rings. The second-order valence-electron chi connectivity index (χ2n) is 8.77.